The van der Waals surface area contributed by atoms with Gasteiger partial charge in [-0.2, -0.15) is 5.10 Å². The van der Waals surface area contributed by atoms with Gasteiger partial charge in [-0.05, 0) is 51.0 Å². The number of nitrogens with zero attached hydrogens (tertiary/aromatic N) is 5. The topological polar surface area (TPSA) is 115 Å². The number of rotatable bonds is 7. The molecule has 4 heterocycles. The van der Waals surface area contributed by atoms with Crippen LogP contribution in [0.3, 0.4) is 0 Å². The van der Waals surface area contributed by atoms with E-state index in [9.17, 15) is 4.79 Å². The number of ether oxygens (including phenoxy) is 2. The molecule has 2 fully saturated rings. The first kappa shape index (κ1) is 22.5. The summed E-state index contributed by atoms with van der Waals surface area (Å²) >= 11 is 0. The Morgan fingerprint density at radius 3 is 2.62 bits per heavy atom. The van der Waals surface area contributed by atoms with E-state index in [1.54, 1.807) is 12.1 Å². The summed E-state index contributed by atoms with van der Waals surface area (Å²) in [6.45, 7) is 5.96. The second kappa shape index (κ2) is 9.55. The molecule has 2 aromatic heterocycles. The highest BCUT2D eigenvalue weighted by molar-refractivity contribution is 5.89. The highest BCUT2D eigenvalue weighted by Crippen LogP contribution is 2.34. The van der Waals surface area contributed by atoms with Crippen LogP contribution in [0.4, 0.5) is 16.3 Å². The van der Waals surface area contributed by atoms with Gasteiger partial charge in [0.05, 0.1) is 30.4 Å². The lowest BCUT2D eigenvalue weighted by Gasteiger charge is -2.33. The SMILES string of the molecule is CC(C)n1ncc2c(N3CC4CCC(C3)O4)nc(-c3ccc(NC(=O)OCCCO)cc3)nc21. The Morgan fingerprint density at radius 2 is 1.94 bits per heavy atom. The third-order valence-corrected chi connectivity index (χ3v) is 6.19. The van der Waals surface area contributed by atoms with Crippen LogP contribution < -0.4 is 10.2 Å². The van der Waals surface area contributed by atoms with Gasteiger partial charge in [-0.15, -0.1) is 0 Å². The summed E-state index contributed by atoms with van der Waals surface area (Å²) in [6, 6.07) is 7.52. The van der Waals surface area contributed by atoms with Crippen LogP contribution in [-0.4, -0.2) is 69.5 Å². The minimum Gasteiger partial charge on any atom is -0.449 e. The Kier molecular flexibility index (Phi) is 6.34. The number of morpholine rings is 1. The van der Waals surface area contributed by atoms with E-state index in [1.165, 1.54) is 0 Å². The molecule has 0 radical (unpaired) electrons. The maximum atomic E-state index is 11.9. The molecule has 3 aromatic rings. The van der Waals surface area contributed by atoms with E-state index < -0.39 is 6.09 Å². The van der Waals surface area contributed by atoms with Gasteiger partial charge in [0.1, 0.15) is 5.82 Å². The van der Waals surface area contributed by atoms with Crippen LogP contribution in [-0.2, 0) is 9.47 Å². The molecule has 1 amide bonds. The third-order valence-electron chi connectivity index (χ3n) is 6.19. The minimum atomic E-state index is -0.552. The zero-order valence-corrected chi connectivity index (χ0v) is 19.5. The number of fused-ring (bicyclic) bond motifs is 3. The number of carbonyl (C=O) groups excluding carboxylic acids is 1. The number of benzene rings is 1. The molecule has 2 saturated heterocycles. The fourth-order valence-corrected chi connectivity index (χ4v) is 4.53. The van der Waals surface area contributed by atoms with Crippen molar-refractivity contribution in [3.8, 4) is 11.4 Å². The Labute approximate surface area is 197 Å². The molecule has 2 aliphatic heterocycles. The van der Waals surface area contributed by atoms with E-state index in [4.69, 9.17) is 24.5 Å². The number of amides is 1. The van der Waals surface area contributed by atoms with E-state index in [0.29, 0.717) is 17.9 Å². The van der Waals surface area contributed by atoms with Crippen LogP contribution >= 0.6 is 0 Å². The second-order valence-corrected chi connectivity index (χ2v) is 9.07. The monoisotopic (exact) mass is 466 g/mol. The van der Waals surface area contributed by atoms with Crippen molar-refractivity contribution in [2.24, 2.45) is 0 Å². The number of hydrogen-bond donors (Lipinski definition) is 2. The number of aromatic nitrogens is 4. The van der Waals surface area contributed by atoms with Gasteiger partial charge in [0.2, 0.25) is 0 Å². The van der Waals surface area contributed by atoms with E-state index in [-0.39, 0.29) is 31.5 Å². The van der Waals surface area contributed by atoms with Crippen molar-refractivity contribution in [1.82, 2.24) is 19.7 Å². The molecule has 34 heavy (non-hydrogen) atoms. The second-order valence-electron chi connectivity index (χ2n) is 9.07. The third kappa shape index (κ3) is 4.55. The van der Waals surface area contributed by atoms with Crippen molar-refractivity contribution in [3.05, 3.63) is 30.5 Å². The standard InChI is InChI=1S/C24H30N6O4/c1-15(2)30-23-20(12-25-30)22(29-13-18-8-9-19(14-29)34-18)27-21(28-23)16-4-6-17(7-5-16)26-24(32)33-11-3-10-31/h4-7,12,15,18-19,31H,3,8-11,13-14H2,1-2H3,(H,26,32). The number of nitrogens with one attached hydrogen (secondary N) is 1. The molecule has 10 heteroatoms. The summed E-state index contributed by atoms with van der Waals surface area (Å²) in [5.41, 5.74) is 2.26. The summed E-state index contributed by atoms with van der Waals surface area (Å²) in [5.74, 6) is 1.50. The first-order valence-corrected chi connectivity index (χ1v) is 11.8. The Morgan fingerprint density at radius 1 is 1.21 bits per heavy atom. The highest BCUT2D eigenvalue weighted by atomic mass is 16.5. The Bertz CT molecular complexity index is 1150. The molecule has 1 aromatic carbocycles. The average molecular weight is 467 g/mol. The van der Waals surface area contributed by atoms with Crippen LogP contribution in [0, 0.1) is 0 Å². The van der Waals surface area contributed by atoms with Gasteiger partial charge in [0.25, 0.3) is 0 Å². The van der Waals surface area contributed by atoms with Crippen molar-refractivity contribution in [1.29, 1.82) is 0 Å². The lowest BCUT2D eigenvalue weighted by atomic mass is 10.2. The van der Waals surface area contributed by atoms with Crippen molar-refractivity contribution in [2.75, 3.05) is 36.5 Å². The van der Waals surface area contributed by atoms with E-state index in [0.717, 1.165) is 48.3 Å². The van der Waals surface area contributed by atoms with Crippen molar-refractivity contribution in [3.63, 3.8) is 0 Å². The fraction of sp³-hybridized carbons (Fsp3) is 0.500. The predicted molar refractivity (Wildman–Crippen MR) is 128 cm³/mol. The highest BCUT2D eigenvalue weighted by Gasteiger charge is 2.35. The Hall–Kier alpha value is -3.24. The Balaban J connectivity index is 1.45. The zero-order chi connectivity index (χ0) is 23.7. The number of hydrogen-bond acceptors (Lipinski definition) is 8. The summed E-state index contributed by atoms with van der Waals surface area (Å²) in [6.07, 6.45) is 4.39. The van der Waals surface area contributed by atoms with Crippen molar-refractivity contribution >= 4 is 28.6 Å². The van der Waals surface area contributed by atoms with Gasteiger partial charge in [0, 0.05) is 43.4 Å². The molecule has 2 atom stereocenters. The smallest absolute Gasteiger partial charge is 0.411 e. The van der Waals surface area contributed by atoms with Gasteiger partial charge in [-0.3, -0.25) is 5.32 Å². The van der Waals surface area contributed by atoms with Crippen molar-refractivity contribution < 1.29 is 19.4 Å². The van der Waals surface area contributed by atoms with Crippen LogP contribution in [0.2, 0.25) is 0 Å². The largest absolute Gasteiger partial charge is 0.449 e. The summed E-state index contributed by atoms with van der Waals surface area (Å²) in [5, 5.41) is 17.0. The number of anilines is 2. The lowest BCUT2D eigenvalue weighted by molar-refractivity contribution is 0.0303. The molecule has 10 nitrogen and oxygen atoms in total. The maximum absolute atomic E-state index is 11.9. The molecule has 2 bridgehead atoms. The summed E-state index contributed by atoms with van der Waals surface area (Å²) < 4.78 is 13.0. The lowest BCUT2D eigenvalue weighted by Crippen LogP contribution is -2.43. The number of aliphatic hydroxyl groups is 1. The van der Waals surface area contributed by atoms with E-state index >= 15 is 0 Å². The van der Waals surface area contributed by atoms with Gasteiger partial charge in [-0.25, -0.2) is 19.4 Å². The van der Waals surface area contributed by atoms with Crippen LogP contribution in [0.15, 0.2) is 30.5 Å². The van der Waals surface area contributed by atoms with Crippen LogP contribution in [0.25, 0.3) is 22.4 Å². The van der Waals surface area contributed by atoms with Crippen LogP contribution in [0.5, 0.6) is 0 Å². The molecule has 2 N–H and O–H groups in total. The summed E-state index contributed by atoms with van der Waals surface area (Å²) in [4.78, 5) is 24.0. The molecular weight excluding hydrogens is 436 g/mol. The molecular formula is C24H30N6O4. The van der Waals surface area contributed by atoms with Gasteiger partial charge >= 0.3 is 6.09 Å². The fourth-order valence-electron chi connectivity index (χ4n) is 4.53. The normalized spacial score (nSPS) is 19.7. The van der Waals surface area contributed by atoms with Crippen molar-refractivity contribution in [2.45, 2.75) is 51.4 Å². The summed E-state index contributed by atoms with van der Waals surface area (Å²) in [7, 11) is 0. The number of aliphatic hydroxyl groups excluding tert-OH is 1. The minimum absolute atomic E-state index is 0.0181. The quantitative estimate of drug-likeness (QED) is 0.510. The van der Waals surface area contributed by atoms with E-state index in [2.05, 4.69) is 29.2 Å². The molecule has 2 unspecified atom stereocenters. The zero-order valence-electron chi connectivity index (χ0n) is 19.5. The molecule has 0 spiro atoms. The van der Waals surface area contributed by atoms with Gasteiger partial charge < -0.3 is 19.5 Å². The molecule has 0 saturated carbocycles. The molecule has 0 aliphatic carbocycles. The molecule has 180 valence electrons. The number of carbonyl (C=O) groups is 1. The van der Waals surface area contributed by atoms with Gasteiger partial charge in [-0.1, -0.05) is 0 Å². The average Bonchev–Trinajstić information content (AvgIpc) is 3.41. The van der Waals surface area contributed by atoms with Crippen LogP contribution in [0.1, 0.15) is 39.2 Å². The first-order chi connectivity index (χ1) is 16.5. The molecule has 5 rings (SSSR count). The first-order valence-electron chi connectivity index (χ1n) is 11.8. The molecule has 2 aliphatic rings. The van der Waals surface area contributed by atoms with Gasteiger partial charge in [0.15, 0.2) is 11.5 Å². The van der Waals surface area contributed by atoms with E-state index in [1.807, 2.05) is 23.0 Å². The predicted octanol–water partition coefficient (Wildman–Crippen LogP) is 3.37. The maximum Gasteiger partial charge on any atom is 0.411 e.